The number of fused-ring (bicyclic) bond motifs is 1. The van der Waals surface area contributed by atoms with Crippen molar-refractivity contribution in [2.24, 2.45) is 0 Å². The summed E-state index contributed by atoms with van der Waals surface area (Å²) in [6, 6.07) is 9.78. The zero-order valence-electron chi connectivity index (χ0n) is 16.4. The van der Waals surface area contributed by atoms with E-state index in [4.69, 9.17) is 0 Å². The molecule has 0 amide bonds. The molecule has 5 heterocycles. The second kappa shape index (κ2) is 7.08. The van der Waals surface area contributed by atoms with Crippen molar-refractivity contribution < 1.29 is 0 Å². The maximum Gasteiger partial charge on any atom is 0.254 e. The van der Waals surface area contributed by atoms with Gasteiger partial charge in [-0.15, -0.1) is 10.2 Å². The van der Waals surface area contributed by atoms with Gasteiger partial charge >= 0.3 is 0 Å². The minimum absolute atomic E-state index is 0.640. The van der Waals surface area contributed by atoms with Crippen molar-refractivity contribution in [1.82, 2.24) is 34.8 Å². The first kappa shape index (κ1) is 17.5. The van der Waals surface area contributed by atoms with Crippen molar-refractivity contribution >= 4 is 17.4 Å². The van der Waals surface area contributed by atoms with Crippen LogP contribution in [0.25, 0.3) is 17.2 Å². The highest BCUT2D eigenvalue weighted by Crippen LogP contribution is 2.25. The fourth-order valence-corrected chi connectivity index (χ4v) is 3.68. The summed E-state index contributed by atoms with van der Waals surface area (Å²) in [5.41, 5.74) is 3.73. The Morgan fingerprint density at radius 3 is 2.38 bits per heavy atom. The third kappa shape index (κ3) is 3.14. The molecule has 0 bridgehead atoms. The predicted octanol–water partition coefficient (Wildman–Crippen LogP) is 1.92. The Bertz CT molecular complexity index is 1130. The summed E-state index contributed by atoms with van der Waals surface area (Å²) in [5, 5.41) is 13.2. The predicted molar refractivity (Wildman–Crippen MR) is 110 cm³/mol. The molecular weight excluding hydrogens is 366 g/mol. The Labute approximate surface area is 168 Å². The van der Waals surface area contributed by atoms with Gasteiger partial charge in [-0.25, -0.2) is 4.98 Å². The number of aryl methyl sites for hydroxylation is 1. The van der Waals surface area contributed by atoms with Crippen molar-refractivity contribution in [3.63, 3.8) is 0 Å². The van der Waals surface area contributed by atoms with E-state index in [0.717, 1.165) is 60.5 Å². The van der Waals surface area contributed by atoms with Gasteiger partial charge in [0.15, 0.2) is 5.82 Å². The van der Waals surface area contributed by atoms with E-state index in [-0.39, 0.29) is 0 Å². The van der Waals surface area contributed by atoms with Crippen LogP contribution in [0, 0.1) is 13.8 Å². The average Bonchev–Trinajstić information content (AvgIpc) is 3.23. The molecule has 146 valence electrons. The van der Waals surface area contributed by atoms with E-state index >= 15 is 0 Å². The van der Waals surface area contributed by atoms with E-state index in [1.807, 2.05) is 41.8 Å². The molecule has 1 aliphatic rings. The van der Waals surface area contributed by atoms with Crippen LogP contribution in [-0.2, 0) is 0 Å². The third-order valence-corrected chi connectivity index (χ3v) is 5.36. The number of pyridine rings is 1. The van der Waals surface area contributed by atoms with E-state index in [1.54, 1.807) is 12.5 Å². The van der Waals surface area contributed by atoms with Crippen LogP contribution in [0.5, 0.6) is 0 Å². The molecule has 0 atom stereocenters. The molecule has 9 nitrogen and oxygen atoms in total. The number of nitrogens with zero attached hydrogens (tertiary/aromatic N) is 9. The summed E-state index contributed by atoms with van der Waals surface area (Å²) in [4.78, 5) is 17.7. The van der Waals surface area contributed by atoms with Gasteiger partial charge in [0.25, 0.3) is 5.78 Å². The maximum absolute atomic E-state index is 4.52. The lowest BCUT2D eigenvalue weighted by Crippen LogP contribution is -2.47. The molecule has 0 unspecified atom stereocenters. The van der Waals surface area contributed by atoms with E-state index in [0.29, 0.717) is 5.78 Å². The smallest absolute Gasteiger partial charge is 0.254 e. The third-order valence-electron chi connectivity index (χ3n) is 5.36. The molecule has 1 aliphatic heterocycles. The average molecular weight is 387 g/mol. The molecule has 0 spiro atoms. The van der Waals surface area contributed by atoms with Crippen molar-refractivity contribution in [1.29, 1.82) is 0 Å². The lowest BCUT2D eigenvalue weighted by atomic mass is 10.2. The summed E-state index contributed by atoms with van der Waals surface area (Å²) in [7, 11) is 0. The van der Waals surface area contributed by atoms with E-state index in [2.05, 4.69) is 47.0 Å². The van der Waals surface area contributed by atoms with Crippen LogP contribution in [0.1, 0.15) is 11.3 Å². The lowest BCUT2D eigenvalue weighted by Gasteiger charge is -2.37. The van der Waals surface area contributed by atoms with E-state index in [9.17, 15) is 0 Å². The quantitative estimate of drug-likeness (QED) is 0.527. The molecule has 0 saturated carbocycles. The topological polar surface area (TPSA) is 88.2 Å². The summed E-state index contributed by atoms with van der Waals surface area (Å²) in [6.45, 7) is 7.55. The molecule has 9 heteroatoms. The molecule has 29 heavy (non-hydrogen) atoms. The van der Waals surface area contributed by atoms with Gasteiger partial charge in [-0.1, -0.05) is 6.07 Å². The minimum Gasteiger partial charge on any atom is -0.353 e. The SMILES string of the molecule is Cc1nc2ncnn2c(N2CCN(c3ccc(-c4ccccn4)nn3)CC2)c1C. The first-order chi connectivity index (χ1) is 14.2. The molecule has 4 aromatic rings. The number of anilines is 2. The van der Waals surface area contributed by atoms with Crippen LogP contribution in [0.4, 0.5) is 11.6 Å². The van der Waals surface area contributed by atoms with Crippen LogP contribution < -0.4 is 9.80 Å². The minimum atomic E-state index is 0.640. The van der Waals surface area contributed by atoms with Gasteiger partial charge in [-0.3, -0.25) is 4.98 Å². The Morgan fingerprint density at radius 1 is 0.828 bits per heavy atom. The van der Waals surface area contributed by atoms with Crippen LogP contribution >= 0.6 is 0 Å². The second-order valence-electron chi connectivity index (χ2n) is 7.08. The molecule has 4 aromatic heterocycles. The van der Waals surface area contributed by atoms with E-state index in [1.165, 1.54) is 0 Å². The fraction of sp³-hybridized carbons (Fsp3) is 0.300. The standard InChI is InChI=1S/C20H21N9/c1-14-15(2)24-20-22-13-23-29(20)19(14)28-11-9-27(10-12-28)18-7-6-17(25-26-18)16-5-3-4-8-21-16/h3-8,13H,9-12H2,1-2H3. The number of piperazine rings is 1. The maximum atomic E-state index is 4.52. The van der Waals surface area contributed by atoms with Crippen LogP contribution in [0.3, 0.4) is 0 Å². The lowest BCUT2D eigenvalue weighted by molar-refractivity contribution is 0.628. The van der Waals surface area contributed by atoms with Gasteiger partial charge in [0.1, 0.15) is 17.8 Å². The van der Waals surface area contributed by atoms with Crippen molar-refractivity contribution in [3.05, 3.63) is 54.1 Å². The Hall–Kier alpha value is -3.62. The van der Waals surface area contributed by atoms with Gasteiger partial charge in [-0.05, 0) is 38.1 Å². The normalized spacial score (nSPS) is 14.6. The zero-order valence-corrected chi connectivity index (χ0v) is 16.4. The van der Waals surface area contributed by atoms with E-state index < -0.39 is 0 Å². The molecule has 0 radical (unpaired) electrons. The molecule has 5 rings (SSSR count). The second-order valence-corrected chi connectivity index (χ2v) is 7.08. The Morgan fingerprint density at radius 2 is 1.66 bits per heavy atom. The zero-order chi connectivity index (χ0) is 19.8. The van der Waals surface area contributed by atoms with Gasteiger partial charge in [-0.2, -0.15) is 14.6 Å². The summed E-state index contributed by atoms with van der Waals surface area (Å²) >= 11 is 0. The van der Waals surface area contributed by atoms with Crippen LogP contribution in [0.15, 0.2) is 42.9 Å². The summed E-state index contributed by atoms with van der Waals surface area (Å²) in [6.07, 6.45) is 3.32. The van der Waals surface area contributed by atoms with Crippen molar-refractivity contribution in [3.8, 4) is 11.4 Å². The number of hydrogen-bond acceptors (Lipinski definition) is 8. The van der Waals surface area contributed by atoms with Crippen molar-refractivity contribution in [2.45, 2.75) is 13.8 Å². The summed E-state index contributed by atoms with van der Waals surface area (Å²) in [5.74, 6) is 2.60. The largest absolute Gasteiger partial charge is 0.353 e. The molecular formula is C20H21N9. The molecule has 1 saturated heterocycles. The Kier molecular flexibility index (Phi) is 4.27. The van der Waals surface area contributed by atoms with Gasteiger partial charge in [0, 0.05) is 43.6 Å². The molecule has 0 aliphatic carbocycles. The highest BCUT2D eigenvalue weighted by molar-refractivity contribution is 5.57. The number of hydrogen-bond donors (Lipinski definition) is 0. The molecule has 1 fully saturated rings. The molecule has 0 N–H and O–H groups in total. The first-order valence-corrected chi connectivity index (χ1v) is 9.62. The highest BCUT2D eigenvalue weighted by Gasteiger charge is 2.23. The highest BCUT2D eigenvalue weighted by atomic mass is 15.4. The monoisotopic (exact) mass is 387 g/mol. The first-order valence-electron chi connectivity index (χ1n) is 9.62. The van der Waals surface area contributed by atoms with Gasteiger partial charge in [0.2, 0.25) is 0 Å². The number of rotatable bonds is 3. The van der Waals surface area contributed by atoms with Gasteiger partial charge < -0.3 is 9.80 Å². The Balaban J connectivity index is 1.34. The molecule has 0 aromatic carbocycles. The number of aromatic nitrogens is 7. The van der Waals surface area contributed by atoms with Crippen molar-refractivity contribution in [2.75, 3.05) is 36.0 Å². The van der Waals surface area contributed by atoms with Crippen LogP contribution in [0.2, 0.25) is 0 Å². The van der Waals surface area contributed by atoms with Crippen LogP contribution in [-0.4, -0.2) is 60.9 Å². The summed E-state index contributed by atoms with van der Waals surface area (Å²) < 4.78 is 1.83. The fourth-order valence-electron chi connectivity index (χ4n) is 3.68. The van der Waals surface area contributed by atoms with Gasteiger partial charge in [0.05, 0.1) is 5.69 Å².